The molecule has 0 saturated carbocycles. The molecule has 0 aliphatic carbocycles. The molecule has 5 nitrogen and oxygen atoms in total. The minimum Gasteiger partial charge on any atom is -0.389 e. The standard InChI is InChI=1S/C14H17FN2O3/c1-3-11-14(20)16-13(19)7-17(11)12-5-4-9(8(2)18)6-10(12)15/h4-6,8,11,18H,3,7H2,1-2H3,(H,16,19,20)/t8-,11?/m1/s1. The van der Waals surface area contributed by atoms with Gasteiger partial charge < -0.3 is 10.0 Å². The Morgan fingerprint density at radius 2 is 2.20 bits per heavy atom. The van der Waals surface area contributed by atoms with Crippen LogP contribution in [0.5, 0.6) is 0 Å². The normalized spacial score (nSPS) is 20.8. The van der Waals surface area contributed by atoms with Crippen molar-refractivity contribution in [2.75, 3.05) is 11.4 Å². The van der Waals surface area contributed by atoms with Gasteiger partial charge in [-0.15, -0.1) is 0 Å². The predicted octanol–water partition coefficient (Wildman–Crippen LogP) is 1.12. The molecule has 108 valence electrons. The smallest absolute Gasteiger partial charge is 0.249 e. The molecule has 1 aliphatic heterocycles. The van der Waals surface area contributed by atoms with Crippen molar-refractivity contribution in [3.63, 3.8) is 0 Å². The lowest BCUT2D eigenvalue weighted by Crippen LogP contribution is -2.58. The second-order valence-corrected chi connectivity index (χ2v) is 4.85. The summed E-state index contributed by atoms with van der Waals surface area (Å²) < 4.78 is 14.2. The number of halogens is 1. The Morgan fingerprint density at radius 3 is 2.75 bits per heavy atom. The molecule has 0 aromatic heterocycles. The number of amides is 2. The molecule has 1 heterocycles. The summed E-state index contributed by atoms with van der Waals surface area (Å²) in [5.74, 6) is -1.41. The van der Waals surface area contributed by atoms with Gasteiger partial charge in [-0.1, -0.05) is 13.0 Å². The SMILES string of the molecule is CCC1C(=O)NC(=O)CN1c1ccc([C@@H](C)O)cc1F. The molecule has 20 heavy (non-hydrogen) atoms. The lowest BCUT2D eigenvalue weighted by atomic mass is 10.1. The largest absolute Gasteiger partial charge is 0.389 e. The number of aliphatic hydroxyl groups is 1. The van der Waals surface area contributed by atoms with Crippen LogP contribution in [0.4, 0.5) is 10.1 Å². The maximum atomic E-state index is 14.2. The minimum atomic E-state index is -0.771. The van der Waals surface area contributed by atoms with Crippen molar-refractivity contribution in [1.82, 2.24) is 5.32 Å². The highest BCUT2D eigenvalue weighted by molar-refractivity contribution is 6.04. The van der Waals surface area contributed by atoms with Crippen molar-refractivity contribution < 1.29 is 19.1 Å². The molecule has 2 amide bonds. The summed E-state index contributed by atoms with van der Waals surface area (Å²) in [6, 6.07) is 3.74. The van der Waals surface area contributed by atoms with Crippen LogP contribution in [0.2, 0.25) is 0 Å². The van der Waals surface area contributed by atoms with Gasteiger partial charge >= 0.3 is 0 Å². The quantitative estimate of drug-likeness (QED) is 0.814. The lowest BCUT2D eigenvalue weighted by molar-refractivity contribution is -0.132. The van der Waals surface area contributed by atoms with E-state index in [1.807, 2.05) is 0 Å². The topological polar surface area (TPSA) is 69.6 Å². The highest BCUT2D eigenvalue weighted by Gasteiger charge is 2.33. The first-order valence-electron chi connectivity index (χ1n) is 6.52. The Bertz CT molecular complexity index is 545. The monoisotopic (exact) mass is 280 g/mol. The number of rotatable bonds is 3. The van der Waals surface area contributed by atoms with E-state index >= 15 is 0 Å². The third-order valence-corrected chi connectivity index (χ3v) is 3.41. The van der Waals surface area contributed by atoms with Crippen molar-refractivity contribution in [1.29, 1.82) is 0 Å². The molecule has 1 unspecified atom stereocenters. The van der Waals surface area contributed by atoms with Gasteiger partial charge in [-0.2, -0.15) is 0 Å². The number of hydrogen-bond donors (Lipinski definition) is 2. The number of benzene rings is 1. The summed E-state index contributed by atoms with van der Waals surface area (Å²) in [5.41, 5.74) is 0.650. The molecule has 1 saturated heterocycles. The maximum absolute atomic E-state index is 14.2. The van der Waals surface area contributed by atoms with Gasteiger partial charge in [0.25, 0.3) is 0 Å². The van der Waals surface area contributed by atoms with Crippen molar-refractivity contribution in [2.45, 2.75) is 32.4 Å². The molecular weight excluding hydrogens is 263 g/mol. The highest BCUT2D eigenvalue weighted by atomic mass is 19.1. The van der Waals surface area contributed by atoms with E-state index in [-0.39, 0.29) is 12.2 Å². The summed E-state index contributed by atoms with van der Waals surface area (Å²) in [6.07, 6.45) is -0.303. The molecule has 0 spiro atoms. The summed E-state index contributed by atoms with van der Waals surface area (Å²) in [4.78, 5) is 24.7. The molecule has 2 rings (SSSR count). The first-order chi connectivity index (χ1) is 9.43. The van der Waals surface area contributed by atoms with Gasteiger partial charge in [-0.05, 0) is 31.0 Å². The van der Waals surface area contributed by atoms with Gasteiger partial charge in [0, 0.05) is 0 Å². The van der Waals surface area contributed by atoms with Gasteiger partial charge in [0.15, 0.2) is 0 Å². The molecule has 1 aromatic carbocycles. The average molecular weight is 280 g/mol. The number of nitrogens with one attached hydrogen (secondary N) is 1. The number of carbonyl (C=O) groups is 2. The van der Waals surface area contributed by atoms with E-state index in [0.29, 0.717) is 12.0 Å². The third-order valence-electron chi connectivity index (χ3n) is 3.41. The van der Waals surface area contributed by atoms with Crippen molar-refractivity contribution in [3.8, 4) is 0 Å². The van der Waals surface area contributed by atoms with Crippen LogP contribution in [0.3, 0.4) is 0 Å². The zero-order valence-corrected chi connectivity index (χ0v) is 11.4. The molecular formula is C14H17FN2O3. The van der Waals surface area contributed by atoms with Gasteiger partial charge in [0.2, 0.25) is 11.8 Å². The Labute approximate surface area is 116 Å². The summed E-state index contributed by atoms with van der Waals surface area (Å²) in [5, 5.41) is 11.7. The first-order valence-corrected chi connectivity index (χ1v) is 6.52. The molecule has 6 heteroatoms. The number of imide groups is 1. The minimum absolute atomic E-state index is 0.0603. The number of piperazine rings is 1. The van der Waals surface area contributed by atoms with Crippen LogP contribution in [0.1, 0.15) is 31.9 Å². The average Bonchev–Trinajstić information content (AvgIpc) is 2.37. The molecule has 1 fully saturated rings. The molecule has 0 radical (unpaired) electrons. The fourth-order valence-electron chi connectivity index (χ4n) is 2.34. The first kappa shape index (κ1) is 14.5. The van der Waals surface area contributed by atoms with Gasteiger partial charge in [-0.25, -0.2) is 4.39 Å². The van der Waals surface area contributed by atoms with Gasteiger partial charge in [-0.3, -0.25) is 14.9 Å². The number of hydrogen-bond acceptors (Lipinski definition) is 4. The molecule has 1 aliphatic rings. The number of anilines is 1. The fourth-order valence-corrected chi connectivity index (χ4v) is 2.34. The van der Waals surface area contributed by atoms with E-state index in [4.69, 9.17) is 0 Å². The van der Waals surface area contributed by atoms with Crippen molar-refractivity contribution in [3.05, 3.63) is 29.6 Å². The molecule has 0 bridgehead atoms. The zero-order chi connectivity index (χ0) is 14.9. The van der Waals surface area contributed by atoms with Crippen LogP contribution in [0.25, 0.3) is 0 Å². The second-order valence-electron chi connectivity index (χ2n) is 4.85. The van der Waals surface area contributed by atoms with Crippen LogP contribution >= 0.6 is 0 Å². The van der Waals surface area contributed by atoms with Crippen LogP contribution in [-0.4, -0.2) is 29.5 Å². The van der Waals surface area contributed by atoms with Gasteiger partial charge in [0.1, 0.15) is 11.9 Å². The number of carbonyl (C=O) groups excluding carboxylic acids is 2. The lowest BCUT2D eigenvalue weighted by Gasteiger charge is -2.35. The van der Waals surface area contributed by atoms with E-state index < -0.39 is 29.8 Å². The Hall–Kier alpha value is -1.95. The van der Waals surface area contributed by atoms with Crippen molar-refractivity contribution in [2.24, 2.45) is 0 Å². The predicted molar refractivity (Wildman–Crippen MR) is 71.6 cm³/mol. The van der Waals surface area contributed by atoms with Crippen LogP contribution in [0, 0.1) is 5.82 Å². The number of nitrogens with zero attached hydrogens (tertiary/aromatic N) is 1. The third kappa shape index (κ3) is 2.65. The summed E-state index contributed by atoms with van der Waals surface area (Å²) in [7, 11) is 0. The molecule has 1 aromatic rings. The van der Waals surface area contributed by atoms with Crippen LogP contribution in [0.15, 0.2) is 18.2 Å². The van der Waals surface area contributed by atoms with Gasteiger partial charge in [0.05, 0.1) is 18.3 Å². The Morgan fingerprint density at radius 1 is 1.50 bits per heavy atom. The molecule has 2 atom stereocenters. The zero-order valence-electron chi connectivity index (χ0n) is 11.4. The van der Waals surface area contributed by atoms with E-state index in [0.717, 1.165) is 0 Å². The maximum Gasteiger partial charge on any atom is 0.249 e. The Balaban J connectivity index is 2.38. The van der Waals surface area contributed by atoms with E-state index in [1.54, 1.807) is 19.9 Å². The van der Waals surface area contributed by atoms with E-state index in [9.17, 15) is 19.1 Å². The summed E-state index contributed by atoms with van der Waals surface area (Å²) >= 11 is 0. The molecule has 2 N–H and O–H groups in total. The fraction of sp³-hybridized carbons (Fsp3) is 0.429. The number of aliphatic hydroxyl groups excluding tert-OH is 1. The highest BCUT2D eigenvalue weighted by Crippen LogP contribution is 2.26. The van der Waals surface area contributed by atoms with Crippen molar-refractivity contribution >= 4 is 17.5 Å². The van der Waals surface area contributed by atoms with Crippen LogP contribution < -0.4 is 10.2 Å². The van der Waals surface area contributed by atoms with E-state index in [1.165, 1.54) is 17.0 Å². The summed E-state index contributed by atoms with van der Waals surface area (Å²) in [6.45, 7) is 3.28. The van der Waals surface area contributed by atoms with Crippen LogP contribution in [-0.2, 0) is 9.59 Å². The Kier molecular flexibility index (Phi) is 4.04. The van der Waals surface area contributed by atoms with E-state index in [2.05, 4.69) is 5.32 Å². The second kappa shape index (κ2) is 5.58.